The van der Waals surface area contributed by atoms with Crippen molar-refractivity contribution in [3.05, 3.63) is 35.9 Å². The Balaban J connectivity index is 1.72. The first-order chi connectivity index (χ1) is 11.3. The second kappa shape index (κ2) is 7.76. The van der Waals surface area contributed by atoms with Gasteiger partial charge in [0.15, 0.2) is 0 Å². The first-order valence-electron chi connectivity index (χ1n) is 7.84. The number of carboxylic acids is 1. The molecule has 0 spiro atoms. The van der Waals surface area contributed by atoms with Crippen molar-refractivity contribution in [1.82, 2.24) is 10.0 Å². The lowest BCUT2D eigenvalue weighted by Gasteiger charge is -2.36. The Kier molecular flexibility index (Phi) is 5.95. The molecule has 3 N–H and O–H groups in total. The zero-order valence-electron chi connectivity index (χ0n) is 13.3. The fraction of sp³-hybridized carbons (Fsp3) is 0.500. The van der Waals surface area contributed by atoms with Crippen molar-refractivity contribution in [3.8, 4) is 0 Å². The SMILES string of the molecule is O=C(CC1(C(=O)O)CCC1)NCCS(=O)(=O)NCc1ccccc1. The number of aliphatic carboxylic acids is 1. The molecule has 1 aliphatic rings. The maximum atomic E-state index is 11.9. The van der Waals surface area contributed by atoms with Gasteiger partial charge in [0.1, 0.15) is 0 Å². The molecule has 0 aromatic heterocycles. The van der Waals surface area contributed by atoms with E-state index < -0.39 is 27.3 Å². The summed E-state index contributed by atoms with van der Waals surface area (Å²) in [5.74, 6) is -1.62. The number of carbonyl (C=O) groups is 2. The Morgan fingerprint density at radius 3 is 2.38 bits per heavy atom. The number of nitrogens with one attached hydrogen (secondary N) is 2. The van der Waals surface area contributed by atoms with Gasteiger partial charge >= 0.3 is 5.97 Å². The average Bonchev–Trinajstić information content (AvgIpc) is 2.49. The number of hydrogen-bond acceptors (Lipinski definition) is 4. The molecule has 1 aliphatic carbocycles. The van der Waals surface area contributed by atoms with Gasteiger partial charge in [0.25, 0.3) is 0 Å². The van der Waals surface area contributed by atoms with Crippen LogP contribution in [0.15, 0.2) is 30.3 Å². The standard InChI is InChI=1S/C16H22N2O5S/c19-14(11-16(15(20)21)7-4-8-16)17-9-10-24(22,23)18-12-13-5-2-1-3-6-13/h1-3,5-6,18H,4,7-12H2,(H,17,19)(H,20,21). The van der Waals surface area contributed by atoms with Gasteiger partial charge in [0.05, 0.1) is 11.2 Å². The van der Waals surface area contributed by atoms with Gasteiger partial charge in [-0.15, -0.1) is 0 Å². The number of sulfonamides is 1. The van der Waals surface area contributed by atoms with Crippen LogP contribution in [-0.4, -0.2) is 37.7 Å². The van der Waals surface area contributed by atoms with E-state index in [9.17, 15) is 23.1 Å². The van der Waals surface area contributed by atoms with Crippen LogP contribution in [0.25, 0.3) is 0 Å². The van der Waals surface area contributed by atoms with Gasteiger partial charge in [-0.1, -0.05) is 36.8 Å². The Morgan fingerprint density at radius 1 is 1.17 bits per heavy atom. The molecule has 7 nitrogen and oxygen atoms in total. The Hall–Kier alpha value is -1.93. The fourth-order valence-electron chi connectivity index (χ4n) is 2.63. The average molecular weight is 354 g/mol. The van der Waals surface area contributed by atoms with Crippen LogP contribution in [0.2, 0.25) is 0 Å². The van der Waals surface area contributed by atoms with E-state index >= 15 is 0 Å². The third-order valence-corrected chi connectivity index (χ3v) is 5.62. The molecule has 0 saturated heterocycles. The van der Waals surface area contributed by atoms with Crippen molar-refractivity contribution in [2.45, 2.75) is 32.2 Å². The minimum Gasteiger partial charge on any atom is -0.481 e. The van der Waals surface area contributed by atoms with Gasteiger partial charge in [-0.05, 0) is 18.4 Å². The lowest BCUT2D eigenvalue weighted by molar-refractivity contribution is -0.157. The molecule has 1 saturated carbocycles. The normalized spacial score (nSPS) is 16.2. The molecular formula is C16H22N2O5S. The first kappa shape index (κ1) is 18.4. The van der Waals surface area contributed by atoms with Crippen LogP contribution in [0.3, 0.4) is 0 Å². The number of benzene rings is 1. The van der Waals surface area contributed by atoms with Crippen molar-refractivity contribution in [2.75, 3.05) is 12.3 Å². The van der Waals surface area contributed by atoms with E-state index in [0.717, 1.165) is 12.0 Å². The summed E-state index contributed by atoms with van der Waals surface area (Å²) in [6.07, 6.45) is 1.69. The van der Waals surface area contributed by atoms with Crippen LogP contribution in [0.4, 0.5) is 0 Å². The summed E-state index contributed by atoms with van der Waals surface area (Å²) in [6, 6.07) is 9.12. The van der Waals surface area contributed by atoms with E-state index in [-0.39, 0.29) is 25.3 Å². The number of hydrogen-bond donors (Lipinski definition) is 3. The molecule has 0 bridgehead atoms. The van der Waals surface area contributed by atoms with E-state index in [1.54, 1.807) is 0 Å². The second-order valence-corrected chi connectivity index (χ2v) is 8.02. The predicted molar refractivity (Wildman–Crippen MR) is 88.6 cm³/mol. The van der Waals surface area contributed by atoms with Gasteiger partial charge < -0.3 is 10.4 Å². The zero-order valence-corrected chi connectivity index (χ0v) is 14.1. The number of carboxylic acid groups (broad SMARTS) is 1. The van der Waals surface area contributed by atoms with Gasteiger partial charge in [0, 0.05) is 19.5 Å². The quantitative estimate of drug-likeness (QED) is 0.609. The fourth-order valence-corrected chi connectivity index (χ4v) is 3.53. The molecule has 0 aliphatic heterocycles. The van der Waals surface area contributed by atoms with Crippen molar-refractivity contribution in [2.24, 2.45) is 5.41 Å². The van der Waals surface area contributed by atoms with Crippen LogP contribution in [0.5, 0.6) is 0 Å². The molecule has 2 rings (SSSR count). The lowest BCUT2D eigenvalue weighted by atomic mass is 9.66. The molecule has 0 radical (unpaired) electrons. The molecule has 0 heterocycles. The highest BCUT2D eigenvalue weighted by Gasteiger charge is 2.45. The zero-order chi connectivity index (χ0) is 17.6. The molecule has 0 atom stereocenters. The smallest absolute Gasteiger partial charge is 0.310 e. The molecule has 8 heteroatoms. The molecule has 132 valence electrons. The maximum Gasteiger partial charge on any atom is 0.310 e. The summed E-state index contributed by atoms with van der Waals surface area (Å²) < 4.78 is 26.2. The van der Waals surface area contributed by atoms with E-state index in [1.165, 1.54) is 0 Å². The highest BCUT2D eigenvalue weighted by molar-refractivity contribution is 7.89. The van der Waals surface area contributed by atoms with Crippen molar-refractivity contribution in [3.63, 3.8) is 0 Å². The Morgan fingerprint density at radius 2 is 1.83 bits per heavy atom. The summed E-state index contributed by atoms with van der Waals surface area (Å²) in [5, 5.41) is 11.7. The van der Waals surface area contributed by atoms with Crippen molar-refractivity contribution in [1.29, 1.82) is 0 Å². The molecular weight excluding hydrogens is 332 g/mol. The summed E-state index contributed by atoms with van der Waals surface area (Å²) in [6.45, 7) is 0.151. The largest absolute Gasteiger partial charge is 0.481 e. The third-order valence-electron chi connectivity index (χ3n) is 4.30. The topological polar surface area (TPSA) is 113 Å². The second-order valence-electron chi connectivity index (χ2n) is 6.09. The monoisotopic (exact) mass is 354 g/mol. The first-order valence-corrected chi connectivity index (χ1v) is 9.50. The Bertz CT molecular complexity index is 684. The number of carbonyl (C=O) groups excluding carboxylic acids is 1. The van der Waals surface area contributed by atoms with Crippen molar-refractivity contribution >= 4 is 21.9 Å². The van der Waals surface area contributed by atoms with Crippen LogP contribution in [0, 0.1) is 5.41 Å². The van der Waals surface area contributed by atoms with E-state index in [1.807, 2.05) is 30.3 Å². The summed E-state index contributed by atoms with van der Waals surface area (Å²) in [7, 11) is -3.51. The Labute approximate surface area is 141 Å². The molecule has 1 aromatic carbocycles. The summed E-state index contributed by atoms with van der Waals surface area (Å²) >= 11 is 0. The van der Waals surface area contributed by atoms with E-state index in [0.29, 0.717) is 12.8 Å². The molecule has 1 amide bonds. The predicted octanol–water partition coefficient (Wildman–Crippen LogP) is 0.867. The molecule has 1 aromatic rings. The number of amides is 1. The highest BCUT2D eigenvalue weighted by atomic mass is 32.2. The molecule has 0 unspecified atom stereocenters. The van der Waals surface area contributed by atoms with Gasteiger partial charge in [-0.3, -0.25) is 9.59 Å². The minimum absolute atomic E-state index is 0.0430. The van der Waals surface area contributed by atoms with Gasteiger partial charge in [-0.25, -0.2) is 13.1 Å². The lowest BCUT2D eigenvalue weighted by Crippen LogP contribution is -2.43. The number of rotatable bonds is 9. The summed E-state index contributed by atoms with van der Waals surface area (Å²) in [4.78, 5) is 23.0. The minimum atomic E-state index is -3.51. The van der Waals surface area contributed by atoms with E-state index in [4.69, 9.17) is 0 Å². The highest BCUT2D eigenvalue weighted by Crippen LogP contribution is 2.44. The van der Waals surface area contributed by atoms with E-state index in [2.05, 4.69) is 10.0 Å². The third kappa shape index (κ3) is 5.04. The molecule has 24 heavy (non-hydrogen) atoms. The molecule has 1 fully saturated rings. The van der Waals surface area contributed by atoms with Crippen LogP contribution < -0.4 is 10.0 Å². The van der Waals surface area contributed by atoms with Crippen LogP contribution in [0.1, 0.15) is 31.2 Å². The van der Waals surface area contributed by atoms with Crippen molar-refractivity contribution < 1.29 is 23.1 Å². The van der Waals surface area contributed by atoms with Crippen LogP contribution >= 0.6 is 0 Å². The van der Waals surface area contributed by atoms with Gasteiger partial charge in [0.2, 0.25) is 15.9 Å². The summed E-state index contributed by atoms with van der Waals surface area (Å²) in [5.41, 5.74) is -0.118. The maximum absolute atomic E-state index is 11.9. The van der Waals surface area contributed by atoms with Gasteiger partial charge in [-0.2, -0.15) is 0 Å². The van der Waals surface area contributed by atoms with Crippen LogP contribution in [-0.2, 0) is 26.2 Å².